The Bertz CT molecular complexity index is 901. The van der Waals surface area contributed by atoms with E-state index >= 15 is 0 Å². The van der Waals surface area contributed by atoms with E-state index in [1.165, 1.54) is 5.56 Å². The second-order valence-electron chi connectivity index (χ2n) is 5.75. The Kier molecular flexibility index (Phi) is 4.27. The zero-order valence-corrected chi connectivity index (χ0v) is 15.5. The molecule has 0 saturated heterocycles. The predicted octanol–water partition coefficient (Wildman–Crippen LogP) is 4.03. The lowest BCUT2D eigenvalue weighted by molar-refractivity contribution is -0.113. The monoisotopic (exact) mass is 371 g/mol. The van der Waals surface area contributed by atoms with E-state index in [9.17, 15) is 4.79 Å². The zero-order valence-electron chi connectivity index (χ0n) is 13.9. The minimum atomic E-state index is -0.00126. The minimum Gasteiger partial charge on any atom is -0.497 e. The molecule has 0 fully saturated rings. The normalized spacial score (nSPS) is 16.9. The van der Waals surface area contributed by atoms with Crippen molar-refractivity contribution in [2.45, 2.75) is 12.2 Å². The van der Waals surface area contributed by atoms with Crippen LogP contribution in [-0.4, -0.2) is 28.6 Å². The molecule has 1 N–H and O–H groups in total. The number of ether oxygens (including phenoxy) is 1. The number of carbonyl (C=O) groups excluding carboxylic acids is 1. The van der Waals surface area contributed by atoms with Crippen molar-refractivity contribution in [3.63, 3.8) is 0 Å². The van der Waals surface area contributed by atoms with Gasteiger partial charge in [-0.1, -0.05) is 0 Å². The van der Waals surface area contributed by atoms with Crippen LogP contribution >= 0.6 is 23.1 Å². The summed E-state index contributed by atoms with van der Waals surface area (Å²) in [6, 6.07) is 9.78. The van der Waals surface area contributed by atoms with Crippen molar-refractivity contribution in [2.24, 2.45) is 0 Å². The molecule has 3 heterocycles. The molecule has 1 aromatic carbocycles. The van der Waals surface area contributed by atoms with Crippen molar-refractivity contribution in [3.05, 3.63) is 57.9 Å². The van der Waals surface area contributed by atoms with Crippen LogP contribution in [0.5, 0.6) is 5.75 Å². The van der Waals surface area contributed by atoms with Crippen LogP contribution in [0.15, 0.2) is 41.1 Å². The molecule has 1 atom stereocenters. The molecule has 7 heteroatoms. The predicted molar refractivity (Wildman–Crippen MR) is 102 cm³/mol. The van der Waals surface area contributed by atoms with E-state index in [0.717, 1.165) is 28.5 Å². The zero-order chi connectivity index (χ0) is 17.4. The molecule has 5 nitrogen and oxygen atoms in total. The summed E-state index contributed by atoms with van der Waals surface area (Å²) in [5, 5.41) is 12.1. The first-order valence-electron chi connectivity index (χ1n) is 7.85. The number of thioether (sulfide) groups is 1. The van der Waals surface area contributed by atoms with Gasteiger partial charge < -0.3 is 10.1 Å². The van der Waals surface area contributed by atoms with E-state index in [4.69, 9.17) is 9.84 Å². The quantitative estimate of drug-likeness (QED) is 0.755. The lowest BCUT2D eigenvalue weighted by Gasteiger charge is -2.13. The number of hydrogen-bond acceptors (Lipinski definition) is 5. The van der Waals surface area contributed by atoms with Crippen molar-refractivity contribution in [2.75, 3.05) is 18.2 Å². The molecular weight excluding hydrogens is 354 g/mol. The molecule has 2 aromatic heterocycles. The number of amides is 1. The Hall–Kier alpha value is -2.25. The second kappa shape index (κ2) is 6.57. The molecular formula is C18H17N3O2S2. The summed E-state index contributed by atoms with van der Waals surface area (Å²) >= 11 is 3.31. The number of aromatic nitrogens is 2. The largest absolute Gasteiger partial charge is 0.497 e. The van der Waals surface area contributed by atoms with Crippen molar-refractivity contribution >= 4 is 34.8 Å². The third-order valence-corrected chi connectivity index (χ3v) is 6.14. The minimum absolute atomic E-state index is 0.00126. The lowest BCUT2D eigenvalue weighted by Crippen LogP contribution is -2.15. The number of carbonyl (C=O) groups is 1. The van der Waals surface area contributed by atoms with Gasteiger partial charge in [0.1, 0.15) is 11.6 Å². The van der Waals surface area contributed by atoms with Gasteiger partial charge in [-0.25, -0.2) is 4.68 Å². The SMILES string of the molecule is COc1ccc(-n2nc(C)c3c2NC(=O)CSC3c2ccsc2)cc1. The van der Waals surface area contributed by atoms with E-state index in [-0.39, 0.29) is 11.2 Å². The van der Waals surface area contributed by atoms with Crippen molar-refractivity contribution < 1.29 is 9.53 Å². The van der Waals surface area contributed by atoms with Crippen LogP contribution in [0.25, 0.3) is 5.69 Å². The topological polar surface area (TPSA) is 56.1 Å². The Morgan fingerprint density at radius 2 is 2.08 bits per heavy atom. The maximum atomic E-state index is 12.3. The molecule has 1 amide bonds. The fourth-order valence-corrected chi connectivity index (χ4v) is 4.93. The molecule has 3 aromatic rings. The van der Waals surface area contributed by atoms with Crippen LogP contribution in [0.3, 0.4) is 0 Å². The highest BCUT2D eigenvalue weighted by molar-refractivity contribution is 8.00. The Morgan fingerprint density at radius 1 is 1.28 bits per heavy atom. The molecule has 25 heavy (non-hydrogen) atoms. The van der Waals surface area contributed by atoms with Crippen LogP contribution < -0.4 is 10.1 Å². The number of aryl methyl sites for hydroxylation is 1. The summed E-state index contributed by atoms with van der Waals surface area (Å²) in [4.78, 5) is 12.3. The van der Waals surface area contributed by atoms with Crippen molar-refractivity contribution in [1.82, 2.24) is 9.78 Å². The summed E-state index contributed by atoms with van der Waals surface area (Å²) in [6.45, 7) is 2.00. The highest BCUT2D eigenvalue weighted by Gasteiger charge is 2.30. The third kappa shape index (κ3) is 2.94. The molecule has 0 spiro atoms. The number of nitrogens with zero attached hydrogens (tertiary/aromatic N) is 2. The van der Waals surface area contributed by atoms with Crippen LogP contribution in [-0.2, 0) is 4.79 Å². The number of thiophene rings is 1. The molecule has 1 unspecified atom stereocenters. The maximum absolute atomic E-state index is 12.3. The summed E-state index contributed by atoms with van der Waals surface area (Å²) in [5.41, 5.74) is 4.10. The van der Waals surface area contributed by atoms with E-state index in [2.05, 4.69) is 22.1 Å². The number of hydrogen-bond donors (Lipinski definition) is 1. The first kappa shape index (κ1) is 16.2. The Morgan fingerprint density at radius 3 is 2.76 bits per heavy atom. The van der Waals surface area contributed by atoms with E-state index in [0.29, 0.717) is 5.75 Å². The van der Waals surface area contributed by atoms with Gasteiger partial charge in [0.15, 0.2) is 0 Å². The van der Waals surface area contributed by atoms with Gasteiger partial charge >= 0.3 is 0 Å². The van der Waals surface area contributed by atoms with Gasteiger partial charge in [-0.05, 0) is 53.6 Å². The van der Waals surface area contributed by atoms with E-state index in [1.807, 2.05) is 35.9 Å². The fraction of sp³-hybridized carbons (Fsp3) is 0.222. The fourth-order valence-electron chi connectivity index (χ4n) is 2.98. The number of anilines is 1. The van der Waals surface area contributed by atoms with Gasteiger partial charge in [0.05, 0.1) is 29.5 Å². The highest BCUT2D eigenvalue weighted by atomic mass is 32.2. The van der Waals surface area contributed by atoms with E-state index < -0.39 is 0 Å². The van der Waals surface area contributed by atoms with Gasteiger partial charge in [-0.3, -0.25) is 4.79 Å². The van der Waals surface area contributed by atoms with Crippen LogP contribution in [0.2, 0.25) is 0 Å². The Balaban J connectivity index is 1.85. The molecule has 0 bridgehead atoms. The lowest BCUT2D eigenvalue weighted by atomic mass is 10.1. The number of nitrogens with one attached hydrogen (secondary N) is 1. The second-order valence-corrected chi connectivity index (χ2v) is 7.63. The third-order valence-electron chi connectivity index (χ3n) is 4.17. The number of methoxy groups -OCH3 is 1. The summed E-state index contributed by atoms with van der Waals surface area (Å²) in [7, 11) is 1.64. The van der Waals surface area contributed by atoms with Crippen LogP contribution in [0.1, 0.15) is 22.1 Å². The van der Waals surface area contributed by atoms with Gasteiger partial charge in [-0.2, -0.15) is 16.4 Å². The van der Waals surface area contributed by atoms with Crippen molar-refractivity contribution in [3.8, 4) is 11.4 Å². The number of rotatable bonds is 3. The van der Waals surface area contributed by atoms with Crippen molar-refractivity contribution in [1.29, 1.82) is 0 Å². The Labute approximate surface area is 154 Å². The smallest absolute Gasteiger partial charge is 0.235 e. The van der Waals surface area contributed by atoms with Crippen LogP contribution in [0, 0.1) is 6.92 Å². The summed E-state index contributed by atoms with van der Waals surface area (Å²) < 4.78 is 7.04. The molecule has 1 aliphatic rings. The van der Waals surface area contributed by atoms with Crippen LogP contribution in [0.4, 0.5) is 5.82 Å². The van der Waals surface area contributed by atoms with Gasteiger partial charge in [0, 0.05) is 5.56 Å². The molecule has 1 aliphatic heterocycles. The first-order valence-corrected chi connectivity index (χ1v) is 9.84. The highest BCUT2D eigenvalue weighted by Crippen LogP contribution is 2.44. The number of fused-ring (bicyclic) bond motifs is 1. The van der Waals surface area contributed by atoms with Gasteiger partial charge in [0.2, 0.25) is 5.91 Å². The molecule has 128 valence electrons. The van der Waals surface area contributed by atoms with E-state index in [1.54, 1.807) is 30.2 Å². The molecule has 0 saturated carbocycles. The molecule has 0 aliphatic carbocycles. The average molecular weight is 371 g/mol. The maximum Gasteiger partial charge on any atom is 0.235 e. The van der Waals surface area contributed by atoms with Gasteiger partial charge in [0.25, 0.3) is 0 Å². The summed E-state index contributed by atoms with van der Waals surface area (Å²) in [5.74, 6) is 1.97. The van der Waals surface area contributed by atoms with Gasteiger partial charge in [-0.15, -0.1) is 11.8 Å². The standard InChI is InChI=1S/C18H17N3O2S2/c1-11-16-17(12-7-8-24-9-12)25-10-15(22)19-18(16)21(20-11)13-3-5-14(23-2)6-4-13/h3-9,17H,10H2,1-2H3,(H,19,22). The number of benzene rings is 1. The molecule has 0 radical (unpaired) electrons. The first-order chi connectivity index (χ1) is 12.2. The average Bonchev–Trinajstić information content (AvgIpc) is 3.22. The molecule has 4 rings (SSSR count). The summed E-state index contributed by atoms with van der Waals surface area (Å²) in [6.07, 6.45) is 0.